The molecule has 0 aromatic heterocycles. The van der Waals surface area contributed by atoms with E-state index >= 15 is 0 Å². The summed E-state index contributed by atoms with van der Waals surface area (Å²) in [6, 6.07) is 9.69. The Kier molecular flexibility index (Phi) is 4.08. The van der Waals surface area contributed by atoms with Gasteiger partial charge in [0.25, 0.3) is 0 Å². The first kappa shape index (κ1) is 10.7. The molecule has 1 aromatic rings. The fraction of sp³-hybridized carbons (Fsp3) is 0.250. The second-order valence-corrected chi connectivity index (χ2v) is 3.41. The van der Waals surface area contributed by atoms with E-state index in [1.807, 2.05) is 55.4 Å². The Bertz CT molecular complexity index is 314. The molecule has 0 aliphatic rings. The molecule has 0 fully saturated rings. The van der Waals surface area contributed by atoms with Crippen molar-refractivity contribution in [3.8, 4) is 0 Å². The molecule has 0 N–H and O–H groups in total. The largest absolute Gasteiger partial charge is 0.306 e. The maximum Gasteiger partial charge on any atom is 0.150 e. The number of allylic oxidation sites excluding steroid dienone is 1. The second kappa shape index (κ2) is 5.35. The van der Waals surface area contributed by atoms with Gasteiger partial charge in [0, 0.05) is 12.1 Å². The molecule has 0 spiro atoms. The predicted molar refractivity (Wildman–Crippen MR) is 59.0 cm³/mol. The van der Waals surface area contributed by atoms with Crippen molar-refractivity contribution < 1.29 is 4.79 Å². The number of carbonyl (C=O) groups is 1. The van der Waals surface area contributed by atoms with Crippen molar-refractivity contribution in [2.24, 2.45) is 0 Å². The van der Waals surface area contributed by atoms with Crippen molar-refractivity contribution >= 4 is 11.9 Å². The molecule has 0 heterocycles. The molecule has 0 aliphatic carbocycles. The monoisotopic (exact) mass is 189 g/mol. The zero-order valence-electron chi connectivity index (χ0n) is 8.60. The van der Waals surface area contributed by atoms with Crippen LogP contribution in [0.4, 0.5) is 0 Å². The summed E-state index contributed by atoms with van der Waals surface area (Å²) in [4.78, 5) is 12.9. The van der Waals surface area contributed by atoms with Crippen LogP contribution >= 0.6 is 0 Å². The van der Waals surface area contributed by atoms with E-state index in [0.29, 0.717) is 0 Å². The number of carbonyl (C=O) groups excluding carboxylic acids is 1. The molecule has 0 unspecified atom stereocenters. The first-order chi connectivity index (χ1) is 6.74. The molecule has 1 rings (SSSR count). The van der Waals surface area contributed by atoms with Gasteiger partial charge >= 0.3 is 0 Å². The lowest BCUT2D eigenvalue weighted by atomic mass is 10.1. The van der Waals surface area contributed by atoms with Gasteiger partial charge in [0.05, 0.1) is 0 Å². The highest BCUT2D eigenvalue weighted by Crippen LogP contribution is 2.10. The van der Waals surface area contributed by atoms with E-state index in [1.54, 1.807) is 0 Å². The summed E-state index contributed by atoms with van der Waals surface area (Å²) >= 11 is 0. The average Bonchev–Trinajstić information content (AvgIpc) is 2.20. The Balaban J connectivity index is 2.82. The fourth-order valence-corrected chi connectivity index (χ4v) is 1.15. The number of hydrogen-bond acceptors (Lipinski definition) is 2. The van der Waals surface area contributed by atoms with Gasteiger partial charge in [-0.25, -0.2) is 0 Å². The van der Waals surface area contributed by atoms with Crippen molar-refractivity contribution in [2.75, 3.05) is 20.6 Å². The van der Waals surface area contributed by atoms with Crippen molar-refractivity contribution in [1.29, 1.82) is 0 Å². The summed E-state index contributed by atoms with van der Waals surface area (Å²) < 4.78 is 0. The van der Waals surface area contributed by atoms with Crippen LogP contribution in [0.15, 0.2) is 36.4 Å². The number of rotatable bonds is 4. The molecule has 2 heteroatoms. The topological polar surface area (TPSA) is 20.3 Å². The van der Waals surface area contributed by atoms with E-state index in [4.69, 9.17) is 0 Å². The van der Waals surface area contributed by atoms with Crippen LogP contribution in [0.3, 0.4) is 0 Å². The van der Waals surface area contributed by atoms with Crippen LogP contribution in [-0.4, -0.2) is 31.8 Å². The normalized spacial score (nSPS) is 11.8. The summed E-state index contributed by atoms with van der Waals surface area (Å²) in [6.45, 7) is 0.781. The van der Waals surface area contributed by atoms with Crippen LogP contribution < -0.4 is 0 Å². The van der Waals surface area contributed by atoms with Crippen LogP contribution in [0.5, 0.6) is 0 Å². The maximum absolute atomic E-state index is 10.8. The van der Waals surface area contributed by atoms with Gasteiger partial charge in [-0.3, -0.25) is 4.79 Å². The number of likely N-dealkylation sites (N-methyl/N-ethyl adjacent to an activating group) is 1. The van der Waals surface area contributed by atoms with E-state index in [9.17, 15) is 4.79 Å². The molecular weight excluding hydrogens is 174 g/mol. The minimum Gasteiger partial charge on any atom is -0.306 e. The third kappa shape index (κ3) is 3.15. The molecule has 0 bridgehead atoms. The number of nitrogens with zero attached hydrogens (tertiary/aromatic N) is 1. The zero-order valence-corrected chi connectivity index (χ0v) is 8.60. The van der Waals surface area contributed by atoms with E-state index in [1.165, 1.54) is 0 Å². The third-order valence-corrected chi connectivity index (χ3v) is 1.91. The standard InChI is InChI=1S/C12H15NO/c1-13(2)9-8-12(10-14)11-6-4-3-5-7-11/h3-8,10H,9H2,1-2H3/b12-8-. The Labute approximate surface area is 84.9 Å². The summed E-state index contributed by atoms with van der Waals surface area (Å²) in [7, 11) is 3.95. The minimum atomic E-state index is 0.749. The summed E-state index contributed by atoms with van der Waals surface area (Å²) in [5.41, 5.74) is 1.73. The summed E-state index contributed by atoms with van der Waals surface area (Å²) in [5.74, 6) is 0. The van der Waals surface area contributed by atoms with Crippen LogP contribution in [0.25, 0.3) is 5.57 Å². The number of hydrogen-bond donors (Lipinski definition) is 0. The molecule has 0 saturated carbocycles. The maximum atomic E-state index is 10.8. The highest BCUT2D eigenvalue weighted by molar-refractivity contribution is 6.06. The molecule has 0 amide bonds. The van der Waals surface area contributed by atoms with E-state index in [-0.39, 0.29) is 0 Å². The van der Waals surface area contributed by atoms with E-state index < -0.39 is 0 Å². The first-order valence-electron chi connectivity index (χ1n) is 4.59. The van der Waals surface area contributed by atoms with E-state index in [2.05, 4.69) is 0 Å². The van der Waals surface area contributed by atoms with Gasteiger partial charge in [0.2, 0.25) is 0 Å². The molecule has 14 heavy (non-hydrogen) atoms. The van der Waals surface area contributed by atoms with Crippen molar-refractivity contribution in [3.63, 3.8) is 0 Å². The first-order valence-corrected chi connectivity index (χ1v) is 4.59. The second-order valence-electron chi connectivity index (χ2n) is 3.41. The van der Waals surface area contributed by atoms with Gasteiger partial charge in [0.15, 0.2) is 0 Å². The molecular formula is C12H15NO. The Hall–Kier alpha value is -1.41. The molecule has 0 aliphatic heterocycles. The Morgan fingerprint density at radius 2 is 1.93 bits per heavy atom. The SMILES string of the molecule is CN(C)C/C=C(/C=O)c1ccccc1. The van der Waals surface area contributed by atoms with Gasteiger partial charge in [-0.1, -0.05) is 36.4 Å². The van der Waals surface area contributed by atoms with Crippen molar-refractivity contribution in [1.82, 2.24) is 4.90 Å². The summed E-state index contributed by atoms with van der Waals surface area (Å²) in [5, 5.41) is 0. The predicted octanol–water partition coefficient (Wildman–Crippen LogP) is 1.83. The summed E-state index contributed by atoms with van der Waals surface area (Å²) in [6.07, 6.45) is 2.83. The highest BCUT2D eigenvalue weighted by atomic mass is 16.1. The van der Waals surface area contributed by atoms with Crippen molar-refractivity contribution in [2.45, 2.75) is 0 Å². The zero-order chi connectivity index (χ0) is 10.4. The lowest BCUT2D eigenvalue weighted by Gasteiger charge is -2.06. The fourth-order valence-electron chi connectivity index (χ4n) is 1.15. The van der Waals surface area contributed by atoms with Crippen LogP contribution in [0, 0.1) is 0 Å². The lowest BCUT2D eigenvalue weighted by Crippen LogP contribution is -2.11. The van der Waals surface area contributed by atoms with Crippen molar-refractivity contribution in [3.05, 3.63) is 42.0 Å². The van der Waals surface area contributed by atoms with Gasteiger partial charge in [-0.2, -0.15) is 0 Å². The van der Waals surface area contributed by atoms with Gasteiger partial charge in [0.1, 0.15) is 6.29 Å². The smallest absolute Gasteiger partial charge is 0.150 e. The Morgan fingerprint density at radius 3 is 2.43 bits per heavy atom. The van der Waals surface area contributed by atoms with Crippen LogP contribution in [-0.2, 0) is 4.79 Å². The lowest BCUT2D eigenvalue weighted by molar-refractivity contribution is -0.103. The number of aldehydes is 1. The molecule has 0 atom stereocenters. The molecule has 0 saturated heterocycles. The van der Waals surface area contributed by atoms with Crippen LogP contribution in [0.2, 0.25) is 0 Å². The number of benzene rings is 1. The van der Waals surface area contributed by atoms with Gasteiger partial charge in [-0.15, -0.1) is 0 Å². The molecule has 1 aromatic carbocycles. The average molecular weight is 189 g/mol. The minimum absolute atomic E-state index is 0.749. The quantitative estimate of drug-likeness (QED) is 0.532. The highest BCUT2D eigenvalue weighted by Gasteiger charge is 1.98. The third-order valence-electron chi connectivity index (χ3n) is 1.91. The molecule has 0 radical (unpaired) electrons. The van der Waals surface area contributed by atoms with E-state index in [0.717, 1.165) is 24.0 Å². The van der Waals surface area contributed by atoms with Gasteiger partial charge in [-0.05, 0) is 19.7 Å². The van der Waals surface area contributed by atoms with Gasteiger partial charge < -0.3 is 4.90 Å². The molecule has 74 valence electrons. The Morgan fingerprint density at radius 1 is 1.29 bits per heavy atom. The van der Waals surface area contributed by atoms with Crippen LogP contribution in [0.1, 0.15) is 5.56 Å². The molecule has 2 nitrogen and oxygen atoms in total.